The molecule has 0 bridgehead atoms. The molecule has 9 heteroatoms. The quantitative estimate of drug-likeness (QED) is 0.0880. The highest BCUT2D eigenvalue weighted by molar-refractivity contribution is 5.82. The molecule has 0 amide bonds. The maximum atomic E-state index is 10.6. The lowest BCUT2D eigenvalue weighted by molar-refractivity contribution is -0.211. The first-order valence-electron chi connectivity index (χ1n) is 17.1. The number of aliphatic hydroxyl groups excluding tert-OH is 3. The van der Waals surface area contributed by atoms with Gasteiger partial charge in [-0.3, -0.25) is 0 Å². The molecular weight excluding hydrogens is 648 g/mol. The molecule has 0 radical (unpaired) electrons. The lowest BCUT2D eigenvalue weighted by Gasteiger charge is -2.34. The molecule has 0 aromatic heterocycles. The van der Waals surface area contributed by atoms with Gasteiger partial charge in [0, 0.05) is 0 Å². The predicted molar refractivity (Wildman–Crippen MR) is 192 cm³/mol. The van der Waals surface area contributed by atoms with Gasteiger partial charge in [0.15, 0.2) is 17.6 Å². The fraction of sp³-hybridized carbons (Fsp3) is 0.286. The highest BCUT2D eigenvalue weighted by atomic mass is 16.7. The molecule has 0 spiro atoms. The number of fused-ring (bicyclic) bond motifs is 1. The van der Waals surface area contributed by atoms with Crippen molar-refractivity contribution in [3.05, 3.63) is 167 Å². The molecule has 5 aromatic rings. The lowest BCUT2D eigenvalue weighted by atomic mass is 10.1. The van der Waals surface area contributed by atoms with Crippen molar-refractivity contribution in [1.29, 1.82) is 0 Å². The zero-order valence-corrected chi connectivity index (χ0v) is 28.3. The van der Waals surface area contributed by atoms with Gasteiger partial charge in [0.2, 0.25) is 6.29 Å². The molecule has 1 heterocycles. The van der Waals surface area contributed by atoms with Crippen molar-refractivity contribution < 1.29 is 43.7 Å². The summed E-state index contributed by atoms with van der Waals surface area (Å²) in [5.41, 5.74) is 3.91. The summed E-state index contributed by atoms with van der Waals surface area (Å²) in [6.07, 6.45) is -4.84. The second kappa shape index (κ2) is 18.6. The molecule has 9 nitrogen and oxygen atoms in total. The van der Waals surface area contributed by atoms with Gasteiger partial charge in [0.05, 0.1) is 39.6 Å². The Morgan fingerprint density at radius 2 is 1.10 bits per heavy atom. The molecule has 0 aliphatic carbocycles. The molecule has 4 unspecified atom stereocenters. The predicted octanol–water partition coefficient (Wildman–Crippen LogP) is 6.61. The fourth-order valence-electron chi connectivity index (χ4n) is 5.86. The van der Waals surface area contributed by atoms with Gasteiger partial charge in [0.25, 0.3) is 0 Å². The monoisotopic (exact) mass is 692 g/mol. The molecule has 1 aliphatic heterocycles. The zero-order valence-electron chi connectivity index (χ0n) is 28.3. The van der Waals surface area contributed by atoms with E-state index in [2.05, 4.69) is 30.3 Å². The molecule has 266 valence electrons. The van der Waals surface area contributed by atoms with Gasteiger partial charge in [-0.05, 0) is 39.1 Å². The van der Waals surface area contributed by atoms with E-state index in [0.29, 0.717) is 13.2 Å². The van der Waals surface area contributed by atoms with Crippen LogP contribution in [0.3, 0.4) is 0 Å². The van der Waals surface area contributed by atoms with Gasteiger partial charge >= 0.3 is 0 Å². The van der Waals surface area contributed by atoms with E-state index in [0.717, 1.165) is 33.0 Å². The van der Waals surface area contributed by atoms with Gasteiger partial charge in [-0.2, -0.15) is 0 Å². The zero-order chi connectivity index (χ0) is 35.3. The van der Waals surface area contributed by atoms with Crippen LogP contribution in [-0.4, -0.2) is 65.8 Å². The van der Waals surface area contributed by atoms with Gasteiger partial charge in [-0.1, -0.05) is 127 Å². The Kier molecular flexibility index (Phi) is 13.2. The van der Waals surface area contributed by atoms with Crippen LogP contribution in [0.25, 0.3) is 10.8 Å². The average molecular weight is 693 g/mol. The van der Waals surface area contributed by atoms with Gasteiger partial charge < -0.3 is 43.7 Å². The van der Waals surface area contributed by atoms with E-state index in [1.807, 2.05) is 103 Å². The van der Waals surface area contributed by atoms with Crippen LogP contribution in [0, 0.1) is 0 Å². The summed E-state index contributed by atoms with van der Waals surface area (Å²) in [5.74, 6) is -0.607. The molecule has 1 aliphatic rings. The minimum atomic E-state index is -1.47. The van der Waals surface area contributed by atoms with Crippen molar-refractivity contribution in [1.82, 2.24) is 0 Å². The van der Waals surface area contributed by atoms with Crippen molar-refractivity contribution in [2.24, 2.45) is 0 Å². The van der Waals surface area contributed by atoms with Crippen LogP contribution >= 0.6 is 0 Å². The smallest absolute Gasteiger partial charge is 0.233 e. The van der Waals surface area contributed by atoms with E-state index in [1.165, 1.54) is 0 Å². The molecule has 6 rings (SSSR count). The molecule has 5 aromatic carbocycles. The molecule has 0 saturated carbocycles. The molecule has 3 N–H and O–H groups in total. The summed E-state index contributed by atoms with van der Waals surface area (Å²) in [5, 5.41) is 32.7. The summed E-state index contributed by atoms with van der Waals surface area (Å²) < 4.78 is 37.8. The van der Waals surface area contributed by atoms with Crippen molar-refractivity contribution >= 4 is 10.8 Å². The highest BCUT2D eigenvalue weighted by Gasteiger charge is 2.39. The Labute approximate surface area is 298 Å². The largest absolute Gasteiger partial charge is 0.506 e. The number of hydrogen-bond donors (Lipinski definition) is 3. The molecule has 5 atom stereocenters. The van der Waals surface area contributed by atoms with E-state index in [-0.39, 0.29) is 32.2 Å². The lowest BCUT2D eigenvalue weighted by Crippen LogP contribution is -2.48. The Hall–Kier alpha value is -4.58. The Morgan fingerprint density at radius 1 is 0.569 bits per heavy atom. The van der Waals surface area contributed by atoms with E-state index in [1.54, 1.807) is 0 Å². The molecule has 0 saturated heterocycles. The van der Waals surface area contributed by atoms with Gasteiger partial charge in [0.1, 0.15) is 24.9 Å². The second-order valence-electron chi connectivity index (χ2n) is 12.4. The van der Waals surface area contributed by atoms with Crippen LogP contribution in [0.4, 0.5) is 0 Å². The number of aliphatic hydroxyl groups is 3. The minimum Gasteiger partial charge on any atom is -0.506 e. The van der Waals surface area contributed by atoms with Crippen molar-refractivity contribution in [2.75, 3.05) is 19.8 Å². The maximum absolute atomic E-state index is 10.6. The summed E-state index contributed by atoms with van der Waals surface area (Å²) in [7, 11) is 0. The van der Waals surface area contributed by atoms with Crippen LogP contribution in [0.2, 0.25) is 0 Å². The van der Waals surface area contributed by atoms with Crippen LogP contribution in [-0.2, 0) is 54.8 Å². The first-order chi connectivity index (χ1) is 25.1. The minimum absolute atomic E-state index is 0.101. The molecule has 51 heavy (non-hydrogen) atoms. The Balaban J connectivity index is 1.26. The van der Waals surface area contributed by atoms with E-state index in [4.69, 9.17) is 28.4 Å². The third kappa shape index (κ3) is 10.2. The summed E-state index contributed by atoms with van der Waals surface area (Å²) in [6.45, 7) is 0.632. The normalized spacial score (nSPS) is 17.7. The summed E-state index contributed by atoms with van der Waals surface area (Å²) >= 11 is 0. The standard InChI is InChI=1S/C42H44O9/c43-23-36-39(44)40(45)42(51-36)50-29-38(48-26-31-14-6-2-7-15-31)41(49-27-32-16-8-3-9-17-32)37(47-25-30-12-4-1-5-13-30)28-46-24-33-20-21-34-18-10-11-19-35(34)22-33/h1-22,37-38,40-45H,23-29H2/t37?,38?,40?,41?,42-/m1/s1. The summed E-state index contributed by atoms with van der Waals surface area (Å²) in [6, 6.07) is 43.9. The summed E-state index contributed by atoms with van der Waals surface area (Å²) in [4.78, 5) is 0. The molecule has 0 fully saturated rings. The van der Waals surface area contributed by atoms with Crippen LogP contribution < -0.4 is 0 Å². The van der Waals surface area contributed by atoms with Gasteiger partial charge in [-0.25, -0.2) is 0 Å². The van der Waals surface area contributed by atoms with Crippen LogP contribution in [0.1, 0.15) is 22.3 Å². The van der Waals surface area contributed by atoms with E-state index >= 15 is 0 Å². The topological polar surface area (TPSA) is 116 Å². The number of benzene rings is 5. The van der Waals surface area contributed by atoms with E-state index < -0.39 is 43.1 Å². The highest BCUT2D eigenvalue weighted by Crippen LogP contribution is 2.26. The van der Waals surface area contributed by atoms with E-state index in [9.17, 15) is 15.3 Å². The third-order valence-electron chi connectivity index (χ3n) is 8.65. The number of ether oxygens (including phenoxy) is 6. The van der Waals surface area contributed by atoms with Gasteiger partial charge in [-0.15, -0.1) is 0 Å². The maximum Gasteiger partial charge on any atom is 0.233 e. The van der Waals surface area contributed by atoms with Crippen molar-refractivity contribution in [3.63, 3.8) is 0 Å². The average Bonchev–Trinajstić information content (AvgIpc) is 3.46. The van der Waals surface area contributed by atoms with Crippen molar-refractivity contribution in [2.45, 2.75) is 57.1 Å². The number of hydrogen-bond acceptors (Lipinski definition) is 9. The first-order valence-corrected chi connectivity index (χ1v) is 17.1. The number of rotatable bonds is 19. The Morgan fingerprint density at radius 3 is 1.67 bits per heavy atom. The fourth-order valence-corrected chi connectivity index (χ4v) is 5.86. The molecular formula is C42H44O9. The van der Waals surface area contributed by atoms with Crippen molar-refractivity contribution in [3.8, 4) is 0 Å². The third-order valence-corrected chi connectivity index (χ3v) is 8.65. The SMILES string of the molecule is OCC1=C(O)C(O)[C@H](OCC(OCc2ccccc2)C(OCc2ccccc2)C(COCc2ccc3ccccc3c2)OCc2ccccc2)O1. The van der Waals surface area contributed by atoms with Crippen LogP contribution in [0.15, 0.2) is 145 Å². The van der Waals surface area contributed by atoms with Crippen LogP contribution in [0.5, 0.6) is 0 Å². The Bertz CT molecular complexity index is 1800. The first kappa shape index (κ1) is 36.2. The second-order valence-corrected chi connectivity index (χ2v) is 12.4.